The summed E-state index contributed by atoms with van der Waals surface area (Å²) in [5.41, 5.74) is 2.39. The third kappa shape index (κ3) is 2.92. The summed E-state index contributed by atoms with van der Waals surface area (Å²) in [7, 11) is 0. The summed E-state index contributed by atoms with van der Waals surface area (Å²) in [6, 6.07) is 1.82. The second-order valence-electron chi connectivity index (χ2n) is 9.75. The number of carbonyl (C=O) groups is 1. The topological polar surface area (TPSA) is 55.8 Å². The van der Waals surface area contributed by atoms with Crippen LogP contribution in [0.1, 0.15) is 82.6 Å². The van der Waals surface area contributed by atoms with Crippen molar-refractivity contribution in [3.63, 3.8) is 0 Å². The van der Waals surface area contributed by atoms with Gasteiger partial charge in [-0.05, 0) is 48.5 Å². The fraction of sp³-hybridized carbons (Fsp3) is 0.625. The van der Waals surface area contributed by atoms with Crippen LogP contribution in [0.5, 0.6) is 17.2 Å². The lowest BCUT2D eigenvalue weighted by molar-refractivity contribution is -0.0433. The van der Waals surface area contributed by atoms with Crippen molar-refractivity contribution >= 4 is 12.4 Å². The maximum absolute atomic E-state index is 11.7. The molecule has 2 saturated carbocycles. The van der Waals surface area contributed by atoms with Crippen LogP contribution in [-0.2, 0) is 0 Å². The van der Waals surface area contributed by atoms with Gasteiger partial charge in [-0.3, -0.25) is 4.79 Å². The van der Waals surface area contributed by atoms with Crippen molar-refractivity contribution in [3.05, 3.63) is 22.8 Å². The summed E-state index contributed by atoms with van der Waals surface area (Å²) < 4.78 is 11.6. The minimum Gasteiger partial charge on any atom is -0.506 e. The number of phenols is 1. The quantitative estimate of drug-likeness (QED) is 0.639. The second-order valence-corrected chi connectivity index (χ2v) is 9.75. The molecule has 1 aliphatic heterocycles. The highest BCUT2D eigenvalue weighted by Crippen LogP contribution is 2.58. The molecule has 152 valence electrons. The number of hydrogen-bond acceptors (Lipinski definition) is 4. The van der Waals surface area contributed by atoms with Crippen molar-refractivity contribution in [2.24, 2.45) is 23.2 Å². The van der Waals surface area contributed by atoms with Crippen LogP contribution in [0.3, 0.4) is 0 Å². The molecule has 1 N–H and O–H groups in total. The first-order valence-corrected chi connectivity index (χ1v) is 10.6. The SMILES string of the molecule is C[C@H]1CC[C@H]2[C@@H](C)CCC[C@]2(C)/C1=C/c1cc2c(c(C=O)c1O)OC(C)(C)O2. The van der Waals surface area contributed by atoms with E-state index >= 15 is 0 Å². The summed E-state index contributed by atoms with van der Waals surface area (Å²) in [5.74, 6) is 1.89. The van der Waals surface area contributed by atoms with Crippen LogP contribution in [0.4, 0.5) is 0 Å². The molecular weight excluding hydrogens is 352 g/mol. The van der Waals surface area contributed by atoms with E-state index in [1.54, 1.807) is 13.8 Å². The lowest BCUT2D eigenvalue weighted by Gasteiger charge is -2.52. The number of rotatable bonds is 2. The minimum absolute atomic E-state index is 0.00988. The highest BCUT2D eigenvalue weighted by molar-refractivity contribution is 5.89. The van der Waals surface area contributed by atoms with Crippen molar-refractivity contribution in [2.45, 2.75) is 72.5 Å². The Morgan fingerprint density at radius 1 is 1.14 bits per heavy atom. The predicted molar refractivity (Wildman–Crippen MR) is 110 cm³/mol. The van der Waals surface area contributed by atoms with Crippen LogP contribution < -0.4 is 9.47 Å². The van der Waals surface area contributed by atoms with Crippen molar-refractivity contribution in [3.8, 4) is 17.2 Å². The lowest BCUT2D eigenvalue weighted by atomic mass is 9.53. The molecule has 0 radical (unpaired) electrons. The van der Waals surface area contributed by atoms with Gasteiger partial charge in [0.25, 0.3) is 0 Å². The van der Waals surface area contributed by atoms with Gasteiger partial charge >= 0.3 is 0 Å². The fourth-order valence-corrected chi connectivity index (χ4v) is 5.99. The Morgan fingerprint density at radius 3 is 2.61 bits per heavy atom. The van der Waals surface area contributed by atoms with Crippen molar-refractivity contribution in [2.75, 3.05) is 0 Å². The van der Waals surface area contributed by atoms with Gasteiger partial charge in [0.2, 0.25) is 5.79 Å². The van der Waals surface area contributed by atoms with E-state index in [1.807, 2.05) is 6.07 Å². The normalized spacial score (nSPS) is 34.9. The molecule has 1 heterocycles. The largest absolute Gasteiger partial charge is 0.506 e. The number of ether oxygens (including phenoxy) is 2. The first-order valence-electron chi connectivity index (χ1n) is 10.6. The molecule has 1 aromatic rings. The van der Waals surface area contributed by atoms with Crippen LogP contribution in [-0.4, -0.2) is 17.2 Å². The van der Waals surface area contributed by atoms with E-state index in [4.69, 9.17) is 9.47 Å². The number of allylic oxidation sites excluding steroid dienone is 1. The van der Waals surface area contributed by atoms with E-state index < -0.39 is 5.79 Å². The second kappa shape index (κ2) is 6.53. The van der Waals surface area contributed by atoms with E-state index in [2.05, 4.69) is 26.8 Å². The number of fused-ring (bicyclic) bond motifs is 2. The van der Waals surface area contributed by atoms with Gasteiger partial charge in [0, 0.05) is 19.4 Å². The number of hydrogen-bond donors (Lipinski definition) is 1. The number of phenolic OH excluding ortho intramolecular Hbond substituents is 1. The van der Waals surface area contributed by atoms with Gasteiger partial charge in [-0.1, -0.05) is 45.3 Å². The van der Waals surface area contributed by atoms with Crippen LogP contribution in [0.2, 0.25) is 0 Å². The third-order valence-electron chi connectivity index (χ3n) is 7.38. The van der Waals surface area contributed by atoms with Gasteiger partial charge in [0.15, 0.2) is 17.8 Å². The first-order chi connectivity index (χ1) is 13.2. The van der Waals surface area contributed by atoms with Gasteiger partial charge in [0.05, 0.1) is 0 Å². The fourth-order valence-electron chi connectivity index (χ4n) is 5.99. The van der Waals surface area contributed by atoms with E-state index in [1.165, 1.54) is 37.7 Å². The van der Waals surface area contributed by atoms with E-state index in [-0.39, 0.29) is 16.7 Å². The van der Waals surface area contributed by atoms with Gasteiger partial charge in [0.1, 0.15) is 11.3 Å². The van der Waals surface area contributed by atoms with Crippen LogP contribution >= 0.6 is 0 Å². The third-order valence-corrected chi connectivity index (χ3v) is 7.38. The minimum atomic E-state index is -0.841. The molecule has 0 bridgehead atoms. The molecule has 1 aromatic carbocycles. The number of aldehydes is 1. The molecule has 0 saturated heterocycles. The standard InChI is InChI=1S/C24H32O4/c1-14-7-6-10-24(5)18(14)9-8-15(2)19(24)11-16-12-20-22(17(13-25)21(16)26)28-23(3,4)27-20/h11-15,18,26H,6-10H2,1-5H3/b19-11+/t14-,15-,18-,24-/m0/s1. The summed E-state index contributed by atoms with van der Waals surface area (Å²) in [5, 5.41) is 10.9. The van der Waals surface area contributed by atoms with Crippen LogP contribution in [0.15, 0.2) is 11.6 Å². The molecule has 4 rings (SSSR count). The molecule has 2 aliphatic carbocycles. The Bertz CT molecular complexity index is 837. The van der Waals surface area contributed by atoms with Gasteiger partial charge in [-0.15, -0.1) is 0 Å². The first kappa shape index (κ1) is 19.4. The molecule has 0 spiro atoms. The van der Waals surface area contributed by atoms with Gasteiger partial charge in [-0.25, -0.2) is 0 Å². The van der Waals surface area contributed by atoms with Gasteiger partial charge < -0.3 is 14.6 Å². The van der Waals surface area contributed by atoms with Crippen molar-refractivity contribution < 1.29 is 19.4 Å². The molecule has 4 nitrogen and oxygen atoms in total. The summed E-state index contributed by atoms with van der Waals surface area (Å²) >= 11 is 0. The van der Waals surface area contributed by atoms with E-state index in [0.717, 1.165) is 5.92 Å². The number of carbonyl (C=O) groups excluding carboxylic acids is 1. The number of benzene rings is 1. The van der Waals surface area contributed by atoms with Gasteiger partial charge in [-0.2, -0.15) is 0 Å². The number of aromatic hydroxyl groups is 1. The maximum atomic E-state index is 11.7. The summed E-state index contributed by atoms with van der Waals surface area (Å²) in [4.78, 5) is 11.7. The van der Waals surface area contributed by atoms with E-state index in [0.29, 0.717) is 35.2 Å². The molecule has 0 aromatic heterocycles. The predicted octanol–water partition coefficient (Wildman–Crippen LogP) is 5.97. The zero-order chi connectivity index (χ0) is 20.3. The van der Waals surface area contributed by atoms with Crippen molar-refractivity contribution in [1.82, 2.24) is 0 Å². The Hall–Kier alpha value is -1.97. The van der Waals surface area contributed by atoms with Crippen LogP contribution in [0.25, 0.3) is 6.08 Å². The molecule has 4 heteroatoms. The van der Waals surface area contributed by atoms with Crippen molar-refractivity contribution in [1.29, 1.82) is 0 Å². The molecular formula is C24H32O4. The van der Waals surface area contributed by atoms with Crippen LogP contribution in [0, 0.1) is 23.2 Å². The Balaban J connectivity index is 1.83. The Kier molecular flexibility index (Phi) is 4.52. The average molecular weight is 385 g/mol. The molecule has 2 fully saturated rings. The summed E-state index contributed by atoms with van der Waals surface area (Å²) in [6.07, 6.45) is 8.99. The Morgan fingerprint density at radius 2 is 1.89 bits per heavy atom. The highest BCUT2D eigenvalue weighted by Gasteiger charge is 2.47. The summed E-state index contributed by atoms with van der Waals surface area (Å²) in [6.45, 7) is 10.7. The molecule has 0 amide bonds. The smallest absolute Gasteiger partial charge is 0.246 e. The zero-order valence-electron chi connectivity index (χ0n) is 17.7. The average Bonchev–Trinajstić information content (AvgIpc) is 2.92. The zero-order valence-corrected chi connectivity index (χ0v) is 17.7. The van der Waals surface area contributed by atoms with E-state index in [9.17, 15) is 9.90 Å². The molecule has 4 atom stereocenters. The monoisotopic (exact) mass is 384 g/mol. The molecule has 28 heavy (non-hydrogen) atoms. The molecule has 0 unspecified atom stereocenters. The highest BCUT2D eigenvalue weighted by atomic mass is 16.7. The molecule has 3 aliphatic rings. The lowest BCUT2D eigenvalue weighted by Crippen LogP contribution is -2.42. The maximum Gasteiger partial charge on any atom is 0.246 e. The Labute approximate surface area is 167 Å².